The number of nitriles is 1. The van der Waals surface area contributed by atoms with Gasteiger partial charge in [0.1, 0.15) is 0 Å². The van der Waals surface area contributed by atoms with Gasteiger partial charge in [-0.25, -0.2) is 0 Å². The van der Waals surface area contributed by atoms with Gasteiger partial charge in [0.2, 0.25) is 0 Å². The molecule has 0 aromatic carbocycles. The largest absolute Gasteiger partial charge is 0.341 e. The third kappa shape index (κ3) is 4.01. The molecule has 42 heavy (non-hydrogen) atoms. The molecule has 6 atom stereocenters. The average Bonchev–Trinajstić information content (AvgIpc) is 3.50. The Labute approximate surface area is 251 Å². The second-order valence-corrected chi connectivity index (χ2v) is 14.2. The molecule has 0 radical (unpaired) electrons. The van der Waals surface area contributed by atoms with Crippen molar-refractivity contribution < 1.29 is 0 Å². The van der Waals surface area contributed by atoms with Crippen LogP contribution in [0, 0.1) is 46.3 Å². The minimum absolute atomic E-state index is 0.0803. The number of fused-ring (bicyclic) bond motifs is 5. The van der Waals surface area contributed by atoms with Crippen molar-refractivity contribution in [2.24, 2.45) is 40.0 Å². The van der Waals surface area contributed by atoms with E-state index in [1.54, 1.807) is 22.4 Å². The summed E-state index contributed by atoms with van der Waals surface area (Å²) in [5.41, 5.74) is 12.7. The van der Waals surface area contributed by atoms with Crippen molar-refractivity contribution in [2.45, 2.75) is 77.7 Å². The van der Waals surface area contributed by atoms with Gasteiger partial charge in [0.05, 0.1) is 24.6 Å². The molecule has 6 unspecified atom stereocenters. The van der Waals surface area contributed by atoms with Crippen LogP contribution in [0.5, 0.6) is 0 Å². The molecule has 0 N–H and O–H groups in total. The Morgan fingerprint density at radius 1 is 1.00 bits per heavy atom. The van der Waals surface area contributed by atoms with Crippen LogP contribution in [-0.4, -0.2) is 23.7 Å². The highest BCUT2D eigenvalue weighted by atomic mass is 15.2. The van der Waals surface area contributed by atoms with Gasteiger partial charge in [0.25, 0.3) is 0 Å². The lowest BCUT2D eigenvalue weighted by Crippen LogP contribution is -2.33. The Kier molecular flexibility index (Phi) is 6.33. The second kappa shape index (κ2) is 10.1. The van der Waals surface area contributed by atoms with Gasteiger partial charge < -0.3 is 4.90 Å². The summed E-state index contributed by atoms with van der Waals surface area (Å²) in [5, 5.41) is 9.47. The molecule has 0 aromatic rings. The molecule has 3 heteroatoms. The van der Waals surface area contributed by atoms with E-state index < -0.39 is 0 Å². The monoisotopic (exact) mass is 553 g/mol. The molecule has 2 aliphatic heterocycles. The highest BCUT2D eigenvalue weighted by molar-refractivity contribution is 5.81. The minimum Gasteiger partial charge on any atom is -0.341 e. The molecule has 2 heterocycles. The van der Waals surface area contributed by atoms with Crippen LogP contribution in [0.2, 0.25) is 0 Å². The molecule has 0 amide bonds. The first-order valence-corrected chi connectivity index (χ1v) is 16.6. The Morgan fingerprint density at radius 2 is 1.90 bits per heavy atom. The second-order valence-electron chi connectivity index (χ2n) is 14.2. The Balaban J connectivity index is 1.16. The lowest BCUT2D eigenvalue weighted by atomic mass is 9.68. The summed E-state index contributed by atoms with van der Waals surface area (Å²) in [6.45, 7) is 5.68. The molecule has 0 saturated heterocycles. The van der Waals surface area contributed by atoms with Gasteiger partial charge in [-0.3, -0.25) is 4.99 Å². The first-order valence-electron chi connectivity index (χ1n) is 16.6. The van der Waals surface area contributed by atoms with Crippen molar-refractivity contribution in [1.29, 1.82) is 5.26 Å². The maximum atomic E-state index is 9.47. The first kappa shape index (κ1) is 26.3. The summed E-state index contributed by atoms with van der Waals surface area (Å²) in [5.74, 6) is 2.14. The molecule has 0 bridgehead atoms. The van der Waals surface area contributed by atoms with E-state index in [1.807, 2.05) is 6.21 Å². The number of rotatable bonds is 3. The van der Waals surface area contributed by atoms with Crippen LogP contribution in [0.3, 0.4) is 0 Å². The fourth-order valence-corrected chi connectivity index (χ4v) is 9.78. The first-order chi connectivity index (χ1) is 20.5. The summed E-state index contributed by atoms with van der Waals surface area (Å²) < 4.78 is 0. The fraction of sp³-hybridized carbons (Fsp3) is 0.487. The normalized spacial score (nSPS) is 36.0. The van der Waals surface area contributed by atoms with Gasteiger partial charge >= 0.3 is 0 Å². The maximum absolute atomic E-state index is 9.47. The average molecular weight is 554 g/mol. The molecule has 8 rings (SSSR count). The Bertz CT molecular complexity index is 1550. The van der Waals surface area contributed by atoms with Crippen molar-refractivity contribution in [3.63, 3.8) is 0 Å². The van der Waals surface area contributed by atoms with Crippen molar-refractivity contribution in [2.75, 3.05) is 6.54 Å². The zero-order chi connectivity index (χ0) is 28.4. The van der Waals surface area contributed by atoms with Crippen LogP contribution in [0.15, 0.2) is 111 Å². The van der Waals surface area contributed by atoms with Gasteiger partial charge in [-0.2, -0.15) is 5.26 Å². The lowest BCUT2D eigenvalue weighted by molar-refractivity contribution is 0.271. The molecular weight excluding hydrogens is 510 g/mol. The molecule has 214 valence electrons. The third-order valence-corrected chi connectivity index (χ3v) is 11.6. The Morgan fingerprint density at radius 3 is 2.81 bits per heavy atom. The van der Waals surface area contributed by atoms with Crippen molar-refractivity contribution in [3.8, 4) is 6.07 Å². The molecule has 3 nitrogen and oxygen atoms in total. The number of dihydropyridines is 1. The number of allylic oxidation sites excluding steroid dienone is 14. The van der Waals surface area contributed by atoms with Crippen molar-refractivity contribution >= 4 is 6.21 Å². The number of hydrogen-bond acceptors (Lipinski definition) is 3. The topological polar surface area (TPSA) is 39.4 Å². The summed E-state index contributed by atoms with van der Waals surface area (Å²) in [4.78, 5) is 7.31. The summed E-state index contributed by atoms with van der Waals surface area (Å²) in [7, 11) is 0. The zero-order valence-corrected chi connectivity index (χ0v) is 25.2. The van der Waals surface area contributed by atoms with E-state index in [1.165, 1.54) is 54.5 Å². The van der Waals surface area contributed by atoms with Crippen LogP contribution in [0.4, 0.5) is 0 Å². The number of hydrogen-bond donors (Lipinski definition) is 0. The van der Waals surface area contributed by atoms with Crippen LogP contribution >= 0.6 is 0 Å². The highest BCUT2D eigenvalue weighted by Gasteiger charge is 2.54. The Hall–Kier alpha value is -3.38. The quantitative estimate of drug-likeness (QED) is 0.328. The van der Waals surface area contributed by atoms with Gasteiger partial charge in [-0.1, -0.05) is 74.1 Å². The van der Waals surface area contributed by atoms with Crippen LogP contribution in [0.25, 0.3) is 0 Å². The molecule has 0 fully saturated rings. The predicted molar refractivity (Wildman–Crippen MR) is 171 cm³/mol. The maximum Gasteiger partial charge on any atom is 0.0845 e. The smallest absolute Gasteiger partial charge is 0.0845 e. The van der Waals surface area contributed by atoms with E-state index in [0.29, 0.717) is 30.3 Å². The summed E-state index contributed by atoms with van der Waals surface area (Å²) in [6.07, 6.45) is 37.0. The third-order valence-electron chi connectivity index (χ3n) is 11.6. The van der Waals surface area contributed by atoms with Gasteiger partial charge in [-0.05, 0) is 109 Å². The SMILES string of the molecule is CC1(C)C2=C(CCC3=C2C2C=CC=CC2N3C2=CC(C3=CC(C4=CC(C#N)CN=C4)CCC3)=CCC2)C2CCC=CC21. The predicted octanol–water partition coefficient (Wildman–Crippen LogP) is 8.86. The van der Waals surface area contributed by atoms with E-state index in [2.05, 4.69) is 90.6 Å². The van der Waals surface area contributed by atoms with Gasteiger partial charge in [0.15, 0.2) is 0 Å². The number of nitrogens with zero attached hydrogens (tertiary/aromatic N) is 3. The van der Waals surface area contributed by atoms with Gasteiger partial charge in [0, 0.05) is 29.4 Å². The molecule has 0 aromatic heterocycles. The zero-order valence-electron chi connectivity index (χ0n) is 25.2. The summed E-state index contributed by atoms with van der Waals surface area (Å²) in [6, 6.07) is 2.80. The van der Waals surface area contributed by atoms with E-state index >= 15 is 0 Å². The van der Waals surface area contributed by atoms with E-state index in [4.69, 9.17) is 0 Å². The van der Waals surface area contributed by atoms with Gasteiger partial charge in [-0.15, -0.1) is 0 Å². The van der Waals surface area contributed by atoms with Crippen molar-refractivity contribution in [3.05, 3.63) is 106 Å². The van der Waals surface area contributed by atoms with E-state index in [-0.39, 0.29) is 11.3 Å². The van der Waals surface area contributed by atoms with Crippen molar-refractivity contribution in [1.82, 2.24) is 4.90 Å². The lowest BCUT2D eigenvalue weighted by Gasteiger charge is -2.35. The number of aliphatic imine (C=N–C) groups is 1. The van der Waals surface area contributed by atoms with Crippen LogP contribution in [-0.2, 0) is 0 Å². The van der Waals surface area contributed by atoms with Crippen LogP contribution in [0.1, 0.15) is 71.6 Å². The minimum atomic E-state index is -0.0803. The summed E-state index contributed by atoms with van der Waals surface area (Å²) >= 11 is 0. The fourth-order valence-electron chi connectivity index (χ4n) is 9.78. The van der Waals surface area contributed by atoms with E-state index in [9.17, 15) is 5.26 Å². The molecule has 0 spiro atoms. The molecule has 6 aliphatic carbocycles. The molecule has 0 saturated carbocycles. The molecule has 8 aliphatic rings. The van der Waals surface area contributed by atoms with Crippen LogP contribution < -0.4 is 0 Å². The highest BCUT2D eigenvalue weighted by Crippen LogP contribution is 2.63. The van der Waals surface area contributed by atoms with E-state index in [0.717, 1.165) is 31.6 Å². The standard InChI is InChI=1S/C39H43N3/c1-39(2)34-15-5-3-13-31(34)32-17-18-36-37(38(32)39)33-14-4-6-16-35(33)42(36)30-12-8-11-28(21-30)26-9-7-10-27(20-26)29-19-25(22-40)23-41-24-29/h4-6,11,14-16,19-21,24-25,27,31,33-35H,3,7-10,12-13,17-18,23H2,1-2H3. The molecular formula is C39H43N3.